The fraction of sp³-hybridized carbons (Fsp3) is 0.350. The number of carbonyl (C=O) groups is 2. The van der Waals surface area contributed by atoms with Crippen LogP contribution in [0.25, 0.3) is 6.08 Å². The van der Waals surface area contributed by atoms with Gasteiger partial charge in [0, 0.05) is 12.6 Å². The predicted octanol–water partition coefficient (Wildman–Crippen LogP) is 3.55. The summed E-state index contributed by atoms with van der Waals surface area (Å²) in [4.78, 5) is 29.8. The third-order valence-electron chi connectivity index (χ3n) is 3.78. The number of hydrogen-bond donors (Lipinski definition) is 0. The van der Waals surface area contributed by atoms with Gasteiger partial charge in [0.25, 0.3) is 0 Å². The van der Waals surface area contributed by atoms with Crippen LogP contribution in [0.3, 0.4) is 0 Å². The first-order valence-electron chi connectivity index (χ1n) is 8.54. The molecule has 1 aromatic carbocycles. The van der Waals surface area contributed by atoms with Crippen LogP contribution < -0.4 is 0 Å². The molecule has 0 N–H and O–H groups in total. The Morgan fingerprint density at radius 2 is 2.00 bits per heavy atom. The molecule has 0 atom stereocenters. The van der Waals surface area contributed by atoms with Crippen LogP contribution >= 0.6 is 0 Å². The molecule has 0 saturated carbocycles. The normalized spacial score (nSPS) is 11.1. The van der Waals surface area contributed by atoms with Crippen LogP contribution in [-0.4, -0.2) is 35.4 Å². The third-order valence-corrected chi connectivity index (χ3v) is 3.78. The number of esters is 1. The number of benzene rings is 1. The van der Waals surface area contributed by atoms with E-state index in [-0.39, 0.29) is 18.1 Å². The molecule has 0 saturated heterocycles. The van der Waals surface area contributed by atoms with E-state index in [1.807, 2.05) is 30.3 Å². The highest BCUT2D eigenvalue weighted by atomic mass is 16.5. The number of hydrogen-bond acceptors (Lipinski definition) is 5. The highest BCUT2D eigenvalue weighted by Crippen LogP contribution is 2.11. The topological polar surface area (TPSA) is 72.6 Å². The molecule has 26 heavy (non-hydrogen) atoms. The molecule has 0 aliphatic carbocycles. The molecule has 1 heterocycles. The first-order valence-corrected chi connectivity index (χ1v) is 8.54. The minimum Gasteiger partial charge on any atom is -0.464 e. The average molecular weight is 356 g/mol. The van der Waals surface area contributed by atoms with E-state index in [0.29, 0.717) is 18.4 Å². The largest absolute Gasteiger partial charge is 0.464 e. The van der Waals surface area contributed by atoms with Gasteiger partial charge < -0.3 is 14.1 Å². The van der Waals surface area contributed by atoms with E-state index >= 15 is 0 Å². The van der Waals surface area contributed by atoms with Crippen molar-refractivity contribution in [3.63, 3.8) is 0 Å². The molecule has 0 radical (unpaired) electrons. The number of ether oxygens (including phenoxy) is 1. The Bertz CT molecular complexity index is 750. The average Bonchev–Trinajstić information content (AvgIpc) is 3.11. The molecule has 0 aliphatic heterocycles. The van der Waals surface area contributed by atoms with Crippen molar-refractivity contribution in [1.82, 2.24) is 9.88 Å². The second-order valence-corrected chi connectivity index (χ2v) is 6.30. The standard InChI is InChI=1S/C20H24N2O4/c1-15(2)11-12-22(13-18-21-17(14-26-18)20(24)25-3)19(23)10-9-16-7-5-4-6-8-16/h4-10,14-15H,11-13H2,1-3H3. The van der Waals surface area contributed by atoms with Gasteiger partial charge in [-0.05, 0) is 24.0 Å². The van der Waals surface area contributed by atoms with Crippen molar-refractivity contribution in [2.45, 2.75) is 26.8 Å². The van der Waals surface area contributed by atoms with Gasteiger partial charge in [-0.1, -0.05) is 44.2 Å². The molecule has 2 aromatic rings. The summed E-state index contributed by atoms with van der Waals surface area (Å²) in [5.74, 6) is 0.0607. The molecule has 0 bridgehead atoms. The summed E-state index contributed by atoms with van der Waals surface area (Å²) in [6, 6.07) is 9.62. The van der Waals surface area contributed by atoms with E-state index in [1.54, 1.807) is 17.1 Å². The fourth-order valence-electron chi connectivity index (χ4n) is 2.26. The van der Waals surface area contributed by atoms with Crippen LogP contribution in [0, 0.1) is 5.92 Å². The maximum atomic E-state index is 12.6. The Kier molecular flexibility index (Phi) is 7.14. The Morgan fingerprint density at radius 3 is 2.65 bits per heavy atom. The van der Waals surface area contributed by atoms with Crippen molar-refractivity contribution in [3.05, 3.63) is 59.8 Å². The maximum absolute atomic E-state index is 12.6. The minimum absolute atomic E-state index is 0.0959. The van der Waals surface area contributed by atoms with Gasteiger partial charge in [0.1, 0.15) is 6.26 Å². The van der Waals surface area contributed by atoms with Crippen molar-refractivity contribution in [1.29, 1.82) is 0 Å². The van der Waals surface area contributed by atoms with Crippen LogP contribution in [0.4, 0.5) is 0 Å². The zero-order chi connectivity index (χ0) is 18.9. The van der Waals surface area contributed by atoms with Gasteiger partial charge in [0.15, 0.2) is 5.69 Å². The van der Waals surface area contributed by atoms with Crippen LogP contribution in [-0.2, 0) is 16.1 Å². The molecular formula is C20H24N2O4. The van der Waals surface area contributed by atoms with E-state index in [2.05, 4.69) is 23.6 Å². The lowest BCUT2D eigenvalue weighted by atomic mass is 10.1. The molecule has 1 aromatic heterocycles. The number of methoxy groups -OCH3 is 1. The monoisotopic (exact) mass is 356 g/mol. The quantitative estimate of drug-likeness (QED) is 0.534. The molecule has 2 rings (SSSR count). The van der Waals surface area contributed by atoms with Crippen molar-refractivity contribution in [3.8, 4) is 0 Å². The highest BCUT2D eigenvalue weighted by Gasteiger charge is 2.17. The van der Waals surface area contributed by atoms with Crippen molar-refractivity contribution < 1.29 is 18.7 Å². The van der Waals surface area contributed by atoms with Gasteiger partial charge in [0.05, 0.1) is 13.7 Å². The molecule has 0 unspecified atom stereocenters. The van der Waals surface area contributed by atoms with Gasteiger partial charge in [-0.25, -0.2) is 9.78 Å². The van der Waals surface area contributed by atoms with Crippen LogP contribution in [0.1, 0.15) is 42.2 Å². The Morgan fingerprint density at radius 1 is 1.27 bits per heavy atom. The van der Waals surface area contributed by atoms with E-state index in [9.17, 15) is 9.59 Å². The zero-order valence-corrected chi connectivity index (χ0v) is 15.3. The highest BCUT2D eigenvalue weighted by molar-refractivity contribution is 5.91. The summed E-state index contributed by atoms with van der Waals surface area (Å²) in [5.41, 5.74) is 1.05. The second-order valence-electron chi connectivity index (χ2n) is 6.30. The van der Waals surface area contributed by atoms with Crippen LogP contribution in [0.5, 0.6) is 0 Å². The molecule has 0 aliphatic rings. The fourth-order valence-corrected chi connectivity index (χ4v) is 2.26. The van der Waals surface area contributed by atoms with E-state index in [4.69, 9.17) is 4.42 Å². The molecule has 1 amide bonds. The van der Waals surface area contributed by atoms with Gasteiger partial charge >= 0.3 is 5.97 Å². The Balaban J connectivity index is 2.09. The zero-order valence-electron chi connectivity index (χ0n) is 15.3. The lowest BCUT2D eigenvalue weighted by molar-refractivity contribution is -0.127. The number of oxazole rings is 1. The van der Waals surface area contributed by atoms with E-state index < -0.39 is 5.97 Å². The number of amides is 1. The van der Waals surface area contributed by atoms with Crippen LogP contribution in [0.15, 0.2) is 47.1 Å². The van der Waals surface area contributed by atoms with Crippen molar-refractivity contribution in [2.24, 2.45) is 5.92 Å². The van der Waals surface area contributed by atoms with E-state index in [1.165, 1.54) is 13.4 Å². The lowest BCUT2D eigenvalue weighted by Gasteiger charge is -2.20. The summed E-state index contributed by atoms with van der Waals surface area (Å²) in [5, 5.41) is 0. The van der Waals surface area contributed by atoms with Crippen molar-refractivity contribution >= 4 is 18.0 Å². The second kappa shape index (κ2) is 9.56. The summed E-state index contributed by atoms with van der Waals surface area (Å²) < 4.78 is 9.92. The number of aromatic nitrogens is 1. The third kappa shape index (κ3) is 5.88. The van der Waals surface area contributed by atoms with Gasteiger partial charge in [-0.3, -0.25) is 4.79 Å². The molecule has 6 nitrogen and oxygen atoms in total. The summed E-state index contributed by atoms with van der Waals surface area (Å²) in [6.45, 7) is 4.97. The number of nitrogens with zero attached hydrogens (tertiary/aromatic N) is 2. The first kappa shape index (κ1) is 19.4. The minimum atomic E-state index is -0.566. The van der Waals surface area contributed by atoms with Gasteiger partial charge in [0.2, 0.25) is 11.8 Å². The van der Waals surface area contributed by atoms with E-state index in [0.717, 1.165) is 12.0 Å². The van der Waals surface area contributed by atoms with Crippen molar-refractivity contribution in [2.75, 3.05) is 13.7 Å². The molecule has 138 valence electrons. The first-order chi connectivity index (χ1) is 12.5. The summed E-state index contributed by atoms with van der Waals surface area (Å²) in [7, 11) is 1.28. The molecular weight excluding hydrogens is 332 g/mol. The van der Waals surface area contributed by atoms with Gasteiger partial charge in [-0.15, -0.1) is 0 Å². The number of rotatable bonds is 8. The molecule has 0 fully saturated rings. The Hall–Kier alpha value is -2.89. The Labute approximate surface area is 153 Å². The smallest absolute Gasteiger partial charge is 0.360 e. The SMILES string of the molecule is COC(=O)c1coc(CN(CCC(C)C)C(=O)C=Cc2ccccc2)n1. The summed E-state index contributed by atoms with van der Waals surface area (Å²) >= 11 is 0. The number of carbonyl (C=O) groups excluding carboxylic acids is 2. The molecule has 0 spiro atoms. The van der Waals surface area contributed by atoms with Crippen LogP contribution in [0.2, 0.25) is 0 Å². The van der Waals surface area contributed by atoms with Gasteiger partial charge in [-0.2, -0.15) is 0 Å². The lowest BCUT2D eigenvalue weighted by Crippen LogP contribution is -2.31. The predicted molar refractivity (Wildman–Crippen MR) is 98.2 cm³/mol. The molecule has 6 heteroatoms. The summed E-state index contributed by atoms with van der Waals surface area (Å²) in [6.07, 6.45) is 5.42. The maximum Gasteiger partial charge on any atom is 0.360 e.